The Bertz CT molecular complexity index is 987. The SMILES string of the molecule is COc1ccc2[nH]c3c(c2c1)CC(C(=O)Nc1ccc(C)cc1C)CC3. The van der Waals surface area contributed by atoms with Crippen LogP contribution in [0.2, 0.25) is 0 Å². The average Bonchev–Trinajstić information content (AvgIpc) is 3.00. The lowest BCUT2D eigenvalue weighted by molar-refractivity contribution is -0.120. The van der Waals surface area contributed by atoms with Crippen LogP contribution < -0.4 is 10.1 Å². The van der Waals surface area contributed by atoms with Crippen molar-refractivity contribution in [3.05, 3.63) is 58.8 Å². The summed E-state index contributed by atoms with van der Waals surface area (Å²) >= 11 is 0. The predicted molar refractivity (Wildman–Crippen MR) is 105 cm³/mol. The molecule has 1 aliphatic carbocycles. The summed E-state index contributed by atoms with van der Waals surface area (Å²) in [6.45, 7) is 4.10. The first kappa shape index (κ1) is 16.7. The number of hydrogen-bond donors (Lipinski definition) is 2. The third-order valence-corrected chi connectivity index (χ3v) is 5.41. The lowest BCUT2D eigenvalue weighted by Gasteiger charge is -2.22. The molecular weight excluding hydrogens is 324 g/mol. The summed E-state index contributed by atoms with van der Waals surface area (Å²) in [5.41, 5.74) is 6.84. The van der Waals surface area contributed by atoms with E-state index in [4.69, 9.17) is 4.74 Å². The predicted octanol–water partition coefficient (Wildman–Crippen LogP) is 4.54. The van der Waals surface area contributed by atoms with Gasteiger partial charge in [-0.3, -0.25) is 4.79 Å². The number of benzene rings is 2. The minimum Gasteiger partial charge on any atom is -0.497 e. The van der Waals surface area contributed by atoms with Gasteiger partial charge in [-0.2, -0.15) is 0 Å². The van der Waals surface area contributed by atoms with Crippen molar-refractivity contribution in [1.82, 2.24) is 4.98 Å². The van der Waals surface area contributed by atoms with Gasteiger partial charge in [0.25, 0.3) is 0 Å². The van der Waals surface area contributed by atoms with Crippen molar-refractivity contribution in [3.8, 4) is 5.75 Å². The second-order valence-corrected chi connectivity index (χ2v) is 7.24. The molecule has 26 heavy (non-hydrogen) atoms. The highest BCUT2D eigenvalue weighted by molar-refractivity contribution is 5.94. The van der Waals surface area contributed by atoms with E-state index < -0.39 is 0 Å². The van der Waals surface area contributed by atoms with Gasteiger partial charge in [0, 0.05) is 28.2 Å². The monoisotopic (exact) mass is 348 g/mol. The molecule has 2 N–H and O–H groups in total. The second-order valence-electron chi connectivity index (χ2n) is 7.24. The van der Waals surface area contributed by atoms with Crippen LogP contribution in [-0.2, 0) is 17.6 Å². The number of aryl methyl sites for hydroxylation is 3. The summed E-state index contributed by atoms with van der Waals surface area (Å²) < 4.78 is 5.37. The number of rotatable bonds is 3. The Kier molecular flexibility index (Phi) is 4.19. The zero-order chi connectivity index (χ0) is 18.3. The Labute approximate surface area is 153 Å². The number of H-pyrrole nitrogens is 1. The number of aromatic nitrogens is 1. The first-order valence-corrected chi connectivity index (χ1v) is 9.10. The van der Waals surface area contributed by atoms with Crippen LogP contribution in [0.1, 0.15) is 28.8 Å². The van der Waals surface area contributed by atoms with Crippen molar-refractivity contribution >= 4 is 22.5 Å². The topological polar surface area (TPSA) is 54.1 Å². The number of aromatic amines is 1. The van der Waals surface area contributed by atoms with Gasteiger partial charge in [0.15, 0.2) is 0 Å². The van der Waals surface area contributed by atoms with E-state index in [1.165, 1.54) is 22.2 Å². The minimum absolute atomic E-state index is 0.00611. The van der Waals surface area contributed by atoms with Gasteiger partial charge in [-0.1, -0.05) is 17.7 Å². The van der Waals surface area contributed by atoms with Crippen LogP contribution in [-0.4, -0.2) is 18.0 Å². The molecule has 0 saturated heterocycles. The molecule has 1 unspecified atom stereocenters. The van der Waals surface area contributed by atoms with Crippen LogP contribution in [0.5, 0.6) is 5.75 Å². The lowest BCUT2D eigenvalue weighted by atomic mass is 9.85. The van der Waals surface area contributed by atoms with Crippen LogP contribution in [0, 0.1) is 19.8 Å². The number of methoxy groups -OCH3 is 1. The van der Waals surface area contributed by atoms with E-state index in [1.807, 2.05) is 25.1 Å². The Hall–Kier alpha value is -2.75. The van der Waals surface area contributed by atoms with E-state index in [9.17, 15) is 4.79 Å². The summed E-state index contributed by atoms with van der Waals surface area (Å²) in [7, 11) is 1.68. The first-order chi connectivity index (χ1) is 12.5. The molecule has 134 valence electrons. The molecular formula is C22H24N2O2. The molecule has 1 heterocycles. The number of ether oxygens (including phenoxy) is 1. The number of carbonyl (C=O) groups is 1. The fourth-order valence-corrected chi connectivity index (χ4v) is 3.94. The number of anilines is 1. The van der Waals surface area contributed by atoms with Crippen LogP contribution in [0.3, 0.4) is 0 Å². The average molecular weight is 348 g/mol. The quantitative estimate of drug-likeness (QED) is 0.730. The maximum absolute atomic E-state index is 12.8. The van der Waals surface area contributed by atoms with Gasteiger partial charge < -0.3 is 15.0 Å². The summed E-state index contributed by atoms with van der Waals surface area (Å²) in [6.07, 6.45) is 2.53. The molecule has 4 nitrogen and oxygen atoms in total. The third kappa shape index (κ3) is 2.96. The fraction of sp³-hybridized carbons (Fsp3) is 0.318. The van der Waals surface area contributed by atoms with Gasteiger partial charge in [-0.15, -0.1) is 0 Å². The van der Waals surface area contributed by atoms with Gasteiger partial charge in [-0.25, -0.2) is 0 Å². The Morgan fingerprint density at radius 1 is 1.19 bits per heavy atom. The number of fused-ring (bicyclic) bond motifs is 3. The molecule has 1 aliphatic rings. The molecule has 1 atom stereocenters. The van der Waals surface area contributed by atoms with Gasteiger partial charge in [-0.05, 0) is 68.5 Å². The fourth-order valence-electron chi connectivity index (χ4n) is 3.94. The van der Waals surface area contributed by atoms with Crippen molar-refractivity contribution in [1.29, 1.82) is 0 Å². The number of nitrogens with one attached hydrogen (secondary N) is 2. The van der Waals surface area contributed by atoms with Gasteiger partial charge in [0.05, 0.1) is 7.11 Å². The van der Waals surface area contributed by atoms with Crippen molar-refractivity contribution in [2.75, 3.05) is 12.4 Å². The van der Waals surface area contributed by atoms with E-state index >= 15 is 0 Å². The molecule has 4 heteroatoms. The largest absolute Gasteiger partial charge is 0.497 e. The zero-order valence-electron chi connectivity index (χ0n) is 15.5. The van der Waals surface area contributed by atoms with Crippen molar-refractivity contribution in [3.63, 3.8) is 0 Å². The second kappa shape index (κ2) is 6.52. The van der Waals surface area contributed by atoms with Crippen molar-refractivity contribution in [2.24, 2.45) is 5.92 Å². The van der Waals surface area contributed by atoms with Gasteiger partial charge >= 0.3 is 0 Å². The smallest absolute Gasteiger partial charge is 0.227 e. The molecule has 1 amide bonds. The molecule has 0 spiro atoms. The molecule has 2 aromatic carbocycles. The normalized spacial score (nSPS) is 16.3. The van der Waals surface area contributed by atoms with Gasteiger partial charge in [0.1, 0.15) is 5.75 Å². The van der Waals surface area contributed by atoms with E-state index in [0.717, 1.165) is 41.8 Å². The maximum atomic E-state index is 12.8. The maximum Gasteiger partial charge on any atom is 0.227 e. The summed E-state index contributed by atoms with van der Waals surface area (Å²) in [5.74, 6) is 0.953. The Balaban J connectivity index is 1.58. The van der Waals surface area contributed by atoms with Crippen LogP contribution in [0.15, 0.2) is 36.4 Å². The molecule has 0 fully saturated rings. The lowest BCUT2D eigenvalue weighted by Crippen LogP contribution is -2.28. The zero-order valence-corrected chi connectivity index (χ0v) is 15.5. The Morgan fingerprint density at radius 2 is 2.04 bits per heavy atom. The summed E-state index contributed by atoms with van der Waals surface area (Å²) in [5, 5.41) is 4.30. The van der Waals surface area contributed by atoms with Crippen molar-refractivity contribution < 1.29 is 9.53 Å². The number of carbonyl (C=O) groups excluding carboxylic acids is 1. The van der Waals surface area contributed by atoms with E-state index in [1.54, 1.807) is 7.11 Å². The molecule has 1 aromatic heterocycles. The van der Waals surface area contributed by atoms with Crippen LogP contribution >= 0.6 is 0 Å². The first-order valence-electron chi connectivity index (χ1n) is 9.10. The molecule has 3 aromatic rings. The number of amides is 1. The van der Waals surface area contributed by atoms with Crippen LogP contribution in [0.25, 0.3) is 10.9 Å². The van der Waals surface area contributed by atoms with E-state index in [2.05, 4.69) is 35.4 Å². The van der Waals surface area contributed by atoms with E-state index in [0.29, 0.717) is 0 Å². The molecule has 0 radical (unpaired) electrons. The molecule has 0 bridgehead atoms. The highest BCUT2D eigenvalue weighted by atomic mass is 16.5. The highest BCUT2D eigenvalue weighted by Crippen LogP contribution is 2.34. The van der Waals surface area contributed by atoms with Crippen LogP contribution in [0.4, 0.5) is 5.69 Å². The molecule has 0 aliphatic heterocycles. The highest BCUT2D eigenvalue weighted by Gasteiger charge is 2.27. The number of hydrogen-bond acceptors (Lipinski definition) is 2. The van der Waals surface area contributed by atoms with Gasteiger partial charge in [0.2, 0.25) is 5.91 Å². The summed E-state index contributed by atoms with van der Waals surface area (Å²) in [4.78, 5) is 16.4. The Morgan fingerprint density at radius 3 is 2.81 bits per heavy atom. The minimum atomic E-state index is -0.00611. The van der Waals surface area contributed by atoms with E-state index in [-0.39, 0.29) is 11.8 Å². The van der Waals surface area contributed by atoms with Crippen molar-refractivity contribution in [2.45, 2.75) is 33.1 Å². The molecule has 4 rings (SSSR count). The molecule has 0 saturated carbocycles. The summed E-state index contributed by atoms with van der Waals surface area (Å²) in [6, 6.07) is 12.2. The third-order valence-electron chi connectivity index (χ3n) is 5.41. The standard InChI is InChI=1S/C22H24N2O2/c1-13-4-7-19(14(2)10-13)24-22(25)15-5-8-20-17(11-15)18-12-16(26-3)6-9-21(18)23-20/h4,6-7,9-10,12,15,23H,5,8,11H2,1-3H3,(H,24,25).